The van der Waals surface area contributed by atoms with Crippen LogP contribution in [0.4, 0.5) is 5.69 Å². The van der Waals surface area contributed by atoms with E-state index in [4.69, 9.17) is 0 Å². The molecule has 1 aliphatic rings. The van der Waals surface area contributed by atoms with Gasteiger partial charge in [0.05, 0.1) is 12.2 Å². The number of para-hydroxylation sites is 1. The van der Waals surface area contributed by atoms with Crippen molar-refractivity contribution >= 4 is 11.6 Å². The van der Waals surface area contributed by atoms with Gasteiger partial charge in [0.15, 0.2) is 0 Å². The maximum atomic E-state index is 12.2. The average Bonchev–Trinajstić information content (AvgIpc) is 3.09. The Morgan fingerprint density at radius 1 is 0.958 bits per heavy atom. The van der Waals surface area contributed by atoms with Gasteiger partial charge in [-0.2, -0.15) is 15.4 Å². The van der Waals surface area contributed by atoms with Crippen LogP contribution in [0.25, 0.3) is 22.5 Å². The molecule has 0 saturated heterocycles. The second kappa shape index (κ2) is 6.66. The van der Waals surface area contributed by atoms with E-state index < -0.39 is 0 Å². The molecule has 2 heterocycles. The Labute approximate surface area is 141 Å². The molecule has 0 radical (unpaired) electrons. The smallest absolute Gasteiger partial charge is 0.224 e. The topological polar surface area (TPSA) is 61.9 Å². The maximum absolute atomic E-state index is 12.2. The number of rotatable bonds is 0. The van der Waals surface area contributed by atoms with E-state index in [0.29, 0.717) is 6.54 Å². The fourth-order valence-corrected chi connectivity index (χ4v) is 2.94. The second-order valence-electron chi connectivity index (χ2n) is 5.30. The zero-order valence-corrected chi connectivity index (χ0v) is 14.1. The van der Waals surface area contributed by atoms with Crippen LogP contribution in [-0.4, -0.2) is 21.3 Å². The molecule has 1 aromatic heterocycles. The summed E-state index contributed by atoms with van der Waals surface area (Å²) in [7, 11) is 0. The fraction of sp³-hybridized carbons (Fsp3) is 0.211. The Kier molecular flexibility index (Phi) is 4.42. The van der Waals surface area contributed by atoms with Crippen molar-refractivity contribution in [1.29, 1.82) is 0 Å². The van der Waals surface area contributed by atoms with Gasteiger partial charge in [-0.05, 0) is 11.6 Å². The molecule has 0 fully saturated rings. The van der Waals surface area contributed by atoms with Crippen LogP contribution < -0.4 is 4.90 Å². The molecule has 5 nitrogen and oxygen atoms in total. The number of amides is 1. The molecule has 1 amide bonds. The van der Waals surface area contributed by atoms with Gasteiger partial charge in [0, 0.05) is 18.1 Å². The third kappa shape index (κ3) is 2.58. The number of hydrogen-bond acceptors (Lipinski definition) is 3. The van der Waals surface area contributed by atoms with E-state index in [1.54, 1.807) is 11.8 Å². The number of aromatic nitrogens is 3. The molecule has 0 spiro atoms. The maximum Gasteiger partial charge on any atom is 0.224 e. The van der Waals surface area contributed by atoms with E-state index in [9.17, 15) is 4.79 Å². The molecule has 0 bridgehead atoms. The molecule has 24 heavy (non-hydrogen) atoms. The van der Waals surface area contributed by atoms with Crippen LogP contribution in [0.5, 0.6) is 0 Å². The third-order valence-electron chi connectivity index (χ3n) is 3.98. The van der Waals surface area contributed by atoms with Gasteiger partial charge in [-0.15, -0.1) is 0 Å². The van der Waals surface area contributed by atoms with Crippen molar-refractivity contribution in [3.05, 3.63) is 54.1 Å². The number of carbonyl (C=O) groups is 1. The van der Waals surface area contributed by atoms with Crippen molar-refractivity contribution in [1.82, 2.24) is 15.4 Å². The minimum Gasteiger partial charge on any atom is -0.308 e. The van der Waals surface area contributed by atoms with Crippen molar-refractivity contribution in [2.45, 2.75) is 27.3 Å². The fourth-order valence-electron chi connectivity index (χ4n) is 2.94. The van der Waals surface area contributed by atoms with E-state index in [2.05, 4.69) is 15.4 Å². The van der Waals surface area contributed by atoms with Gasteiger partial charge < -0.3 is 4.90 Å². The highest BCUT2D eigenvalue weighted by Gasteiger charge is 2.25. The number of nitrogens with zero attached hydrogens (tertiary/aromatic N) is 3. The number of anilines is 1. The highest BCUT2D eigenvalue weighted by molar-refractivity contribution is 5.98. The van der Waals surface area contributed by atoms with Crippen molar-refractivity contribution in [2.75, 3.05) is 4.90 Å². The van der Waals surface area contributed by atoms with Crippen LogP contribution in [0, 0.1) is 0 Å². The lowest BCUT2D eigenvalue weighted by Gasteiger charge is -2.26. The van der Waals surface area contributed by atoms with E-state index in [0.717, 1.165) is 33.8 Å². The summed E-state index contributed by atoms with van der Waals surface area (Å²) >= 11 is 0. The molecule has 1 aliphatic heterocycles. The standard InChI is InChI=1S/C17H14N4O.C2H6/c1-11(22)21-10-12-6-2-3-7-13(12)16-17(19-20-18-16)14-8-4-5-9-15(14)21;1-2/h2-9H,10H2,1H3,(H,18,19,20);1-2H3. The predicted octanol–water partition coefficient (Wildman–Crippen LogP) is 4.03. The summed E-state index contributed by atoms with van der Waals surface area (Å²) in [5, 5.41) is 11.4. The molecule has 0 saturated carbocycles. The van der Waals surface area contributed by atoms with Crippen molar-refractivity contribution in [2.24, 2.45) is 0 Å². The largest absolute Gasteiger partial charge is 0.308 e. The summed E-state index contributed by atoms with van der Waals surface area (Å²) < 4.78 is 0. The van der Waals surface area contributed by atoms with Crippen LogP contribution in [0.1, 0.15) is 26.3 Å². The summed E-state index contributed by atoms with van der Waals surface area (Å²) in [5.74, 6) is 0.00852. The van der Waals surface area contributed by atoms with E-state index in [1.807, 2.05) is 62.4 Å². The molecule has 122 valence electrons. The molecule has 0 atom stereocenters. The molecule has 3 aromatic rings. The quantitative estimate of drug-likeness (QED) is 0.680. The van der Waals surface area contributed by atoms with Crippen molar-refractivity contribution < 1.29 is 4.79 Å². The lowest BCUT2D eigenvalue weighted by atomic mass is 9.96. The van der Waals surface area contributed by atoms with Crippen LogP contribution >= 0.6 is 0 Å². The summed E-state index contributed by atoms with van der Waals surface area (Å²) in [6, 6.07) is 15.8. The van der Waals surface area contributed by atoms with Gasteiger partial charge in [-0.25, -0.2) is 0 Å². The van der Waals surface area contributed by atoms with Gasteiger partial charge in [-0.3, -0.25) is 4.79 Å². The molecule has 5 heteroatoms. The molecule has 1 N–H and O–H groups in total. The Bertz CT molecular complexity index is 869. The minimum atomic E-state index is 0.00852. The zero-order chi connectivity index (χ0) is 17.1. The highest BCUT2D eigenvalue weighted by Crippen LogP contribution is 2.39. The van der Waals surface area contributed by atoms with Crippen molar-refractivity contribution in [3.8, 4) is 22.5 Å². The van der Waals surface area contributed by atoms with Crippen LogP contribution in [0.15, 0.2) is 48.5 Å². The van der Waals surface area contributed by atoms with E-state index >= 15 is 0 Å². The van der Waals surface area contributed by atoms with Gasteiger partial charge in [0.2, 0.25) is 5.91 Å². The SMILES string of the molecule is CC.CC(=O)N1Cc2ccccc2-c2n[nH]nc2-c2ccccc21. The molecular formula is C19H20N4O. The number of fused-ring (bicyclic) bond motifs is 5. The van der Waals surface area contributed by atoms with Crippen LogP contribution in [0.2, 0.25) is 0 Å². The summed E-state index contributed by atoms with van der Waals surface area (Å²) in [5.41, 5.74) is 5.44. The van der Waals surface area contributed by atoms with E-state index in [1.165, 1.54) is 0 Å². The lowest BCUT2D eigenvalue weighted by molar-refractivity contribution is -0.116. The number of H-pyrrole nitrogens is 1. The summed E-state index contributed by atoms with van der Waals surface area (Å²) in [6.45, 7) is 6.11. The van der Waals surface area contributed by atoms with Gasteiger partial charge in [0.25, 0.3) is 0 Å². The normalized spacial score (nSPS) is 11.9. The molecule has 4 rings (SSSR count). The molecular weight excluding hydrogens is 300 g/mol. The first-order valence-corrected chi connectivity index (χ1v) is 8.12. The minimum absolute atomic E-state index is 0.00852. The lowest BCUT2D eigenvalue weighted by Crippen LogP contribution is -2.29. The first-order valence-electron chi connectivity index (χ1n) is 8.12. The molecule has 2 aromatic carbocycles. The Morgan fingerprint density at radius 2 is 1.54 bits per heavy atom. The summed E-state index contributed by atoms with van der Waals surface area (Å²) in [6.07, 6.45) is 0. The van der Waals surface area contributed by atoms with Gasteiger partial charge in [-0.1, -0.05) is 56.3 Å². The monoisotopic (exact) mass is 320 g/mol. The number of aromatic amines is 1. The molecule has 0 unspecified atom stereocenters. The Morgan fingerprint density at radius 3 is 2.25 bits per heavy atom. The van der Waals surface area contributed by atoms with Crippen molar-refractivity contribution in [3.63, 3.8) is 0 Å². The van der Waals surface area contributed by atoms with Gasteiger partial charge in [0.1, 0.15) is 11.4 Å². The number of hydrogen-bond donors (Lipinski definition) is 1. The van der Waals surface area contributed by atoms with Crippen LogP contribution in [-0.2, 0) is 11.3 Å². The number of benzene rings is 2. The van der Waals surface area contributed by atoms with Crippen LogP contribution in [0.3, 0.4) is 0 Å². The predicted molar refractivity (Wildman–Crippen MR) is 95.5 cm³/mol. The van der Waals surface area contributed by atoms with E-state index in [-0.39, 0.29) is 5.91 Å². The van der Waals surface area contributed by atoms with Gasteiger partial charge >= 0.3 is 0 Å². The Hall–Kier alpha value is -2.95. The third-order valence-corrected chi connectivity index (χ3v) is 3.98. The number of nitrogens with one attached hydrogen (secondary N) is 1. The Balaban J connectivity index is 0.000000815. The second-order valence-corrected chi connectivity index (χ2v) is 5.30. The first kappa shape index (κ1) is 15.9. The first-order chi connectivity index (χ1) is 11.8. The number of carbonyl (C=O) groups excluding carboxylic acids is 1. The zero-order valence-electron chi connectivity index (χ0n) is 14.1. The molecule has 0 aliphatic carbocycles. The summed E-state index contributed by atoms with van der Waals surface area (Å²) in [4.78, 5) is 14.0. The highest BCUT2D eigenvalue weighted by atomic mass is 16.2. The average molecular weight is 320 g/mol.